The van der Waals surface area contributed by atoms with Crippen LogP contribution >= 0.6 is 11.6 Å². The lowest BCUT2D eigenvalue weighted by molar-refractivity contribution is 0.372. The predicted molar refractivity (Wildman–Crippen MR) is 73.8 cm³/mol. The zero-order valence-electron chi connectivity index (χ0n) is 10.8. The molecule has 0 saturated heterocycles. The molecule has 2 aromatic rings. The molecule has 100 valence electrons. The molecule has 1 fully saturated rings. The van der Waals surface area contributed by atoms with Gasteiger partial charge >= 0.3 is 0 Å². The maximum Gasteiger partial charge on any atom is 0.258 e. The molecule has 1 aliphatic rings. The maximum atomic E-state index is 6.32. The van der Waals surface area contributed by atoms with Crippen LogP contribution < -0.4 is 5.73 Å². The molecule has 1 saturated carbocycles. The number of nitrogens with zero attached hydrogens (tertiary/aromatic N) is 2. The van der Waals surface area contributed by atoms with E-state index in [1.54, 1.807) is 0 Å². The zero-order chi connectivity index (χ0) is 13.5. The Hall–Kier alpha value is -1.39. The summed E-state index contributed by atoms with van der Waals surface area (Å²) in [7, 11) is 0. The summed E-state index contributed by atoms with van der Waals surface area (Å²) in [5, 5.41) is 4.72. The second kappa shape index (κ2) is 4.62. The average molecular weight is 278 g/mol. The van der Waals surface area contributed by atoms with Gasteiger partial charge in [-0.25, -0.2) is 0 Å². The number of hydrogen-bond donors (Lipinski definition) is 1. The largest absolute Gasteiger partial charge is 0.334 e. The number of nitrogens with two attached hydrogens (primary N) is 1. The van der Waals surface area contributed by atoms with Crippen LogP contribution in [0.3, 0.4) is 0 Å². The molecule has 3 rings (SSSR count). The van der Waals surface area contributed by atoms with Gasteiger partial charge in [0.05, 0.1) is 5.54 Å². The minimum Gasteiger partial charge on any atom is -0.334 e. The molecule has 1 aromatic heterocycles. The van der Waals surface area contributed by atoms with Crippen molar-refractivity contribution in [1.29, 1.82) is 0 Å². The summed E-state index contributed by atoms with van der Waals surface area (Å²) < 4.78 is 5.34. The van der Waals surface area contributed by atoms with Crippen molar-refractivity contribution >= 4 is 11.6 Å². The van der Waals surface area contributed by atoms with Crippen LogP contribution in [0.15, 0.2) is 22.7 Å². The zero-order valence-corrected chi connectivity index (χ0v) is 11.6. The van der Waals surface area contributed by atoms with Crippen LogP contribution in [0.4, 0.5) is 0 Å². The fourth-order valence-electron chi connectivity index (χ4n) is 2.63. The van der Waals surface area contributed by atoms with Crippen molar-refractivity contribution in [3.8, 4) is 11.5 Å². The Kier molecular flexibility index (Phi) is 3.07. The summed E-state index contributed by atoms with van der Waals surface area (Å²) in [5.74, 6) is 1.09. The van der Waals surface area contributed by atoms with Gasteiger partial charge in [-0.15, -0.1) is 0 Å². The van der Waals surface area contributed by atoms with E-state index in [0.29, 0.717) is 16.7 Å². The lowest BCUT2D eigenvalue weighted by atomic mass is 9.98. The summed E-state index contributed by atoms with van der Waals surface area (Å²) in [6, 6.07) is 5.69. The van der Waals surface area contributed by atoms with Gasteiger partial charge in [-0.2, -0.15) is 4.98 Å². The van der Waals surface area contributed by atoms with Crippen molar-refractivity contribution in [3.05, 3.63) is 34.6 Å². The molecule has 5 heteroatoms. The third-order valence-corrected chi connectivity index (χ3v) is 3.87. The first kappa shape index (κ1) is 12.6. The van der Waals surface area contributed by atoms with Gasteiger partial charge in [-0.05, 0) is 43.5 Å². The summed E-state index contributed by atoms with van der Waals surface area (Å²) in [6.07, 6.45) is 4.08. The Balaban J connectivity index is 1.96. The molecule has 0 atom stereocenters. The minimum absolute atomic E-state index is 0.421. The lowest BCUT2D eigenvalue weighted by Gasteiger charge is -2.17. The highest BCUT2D eigenvalue weighted by atomic mass is 35.5. The van der Waals surface area contributed by atoms with Crippen LogP contribution in [0, 0.1) is 6.92 Å². The van der Waals surface area contributed by atoms with Crippen molar-refractivity contribution < 1.29 is 4.52 Å². The van der Waals surface area contributed by atoms with E-state index in [2.05, 4.69) is 10.1 Å². The van der Waals surface area contributed by atoms with E-state index < -0.39 is 5.54 Å². The molecule has 0 aliphatic heterocycles. The third kappa shape index (κ3) is 2.38. The Morgan fingerprint density at radius 1 is 1.26 bits per heavy atom. The number of benzene rings is 1. The molecular weight excluding hydrogens is 262 g/mol. The number of hydrogen-bond acceptors (Lipinski definition) is 4. The molecule has 1 aromatic carbocycles. The predicted octanol–water partition coefficient (Wildman–Crippen LogP) is 3.43. The minimum atomic E-state index is -0.421. The van der Waals surface area contributed by atoms with Crippen LogP contribution in [0.2, 0.25) is 5.02 Å². The van der Waals surface area contributed by atoms with Crippen molar-refractivity contribution in [2.45, 2.75) is 38.1 Å². The molecule has 19 heavy (non-hydrogen) atoms. The van der Waals surface area contributed by atoms with Gasteiger partial charge in [0, 0.05) is 10.6 Å². The molecule has 0 radical (unpaired) electrons. The van der Waals surface area contributed by atoms with Gasteiger partial charge < -0.3 is 10.3 Å². The SMILES string of the molecule is Cc1cc(Cl)cc(-c2nc(C3(N)CCCC3)no2)c1. The molecule has 2 N–H and O–H groups in total. The number of aryl methyl sites for hydroxylation is 1. The number of rotatable bonds is 2. The summed E-state index contributed by atoms with van der Waals surface area (Å²) in [6.45, 7) is 1.98. The van der Waals surface area contributed by atoms with Gasteiger partial charge in [0.2, 0.25) is 0 Å². The van der Waals surface area contributed by atoms with Crippen molar-refractivity contribution in [2.75, 3.05) is 0 Å². The standard InChI is InChI=1S/C14H16ClN3O/c1-9-6-10(8-11(15)7-9)12-17-13(18-19-12)14(16)4-2-3-5-14/h6-8H,2-5,16H2,1H3. The normalized spacial score (nSPS) is 17.8. The van der Waals surface area contributed by atoms with E-state index in [-0.39, 0.29) is 0 Å². The Bertz CT molecular complexity index is 582. The van der Waals surface area contributed by atoms with E-state index in [9.17, 15) is 0 Å². The van der Waals surface area contributed by atoms with Crippen LogP contribution in [0.1, 0.15) is 37.1 Å². The fraction of sp³-hybridized carbons (Fsp3) is 0.429. The van der Waals surface area contributed by atoms with E-state index in [1.165, 1.54) is 0 Å². The van der Waals surface area contributed by atoms with Crippen LogP contribution in [0.5, 0.6) is 0 Å². The Labute approximate surface area is 117 Å². The highest BCUT2D eigenvalue weighted by Gasteiger charge is 2.36. The highest BCUT2D eigenvalue weighted by molar-refractivity contribution is 6.30. The topological polar surface area (TPSA) is 64.9 Å². The molecule has 1 heterocycles. The summed E-state index contributed by atoms with van der Waals surface area (Å²) >= 11 is 6.05. The maximum absolute atomic E-state index is 6.32. The Morgan fingerprint density at radius 3 is 2.68 bits per heavy atom. The summed E-state index contributed by atoms with van der Waals surface area (Å²) in [4.78, 5) is 4.46. The van der Waals surface area contributed by atoms with E-state index in [1.807, 2.05) is 25.1 Å². The first-order valence-electron chi connectivity index (χ1n) is 6.47. The quantitative estimate of drug-likeness (QED) is 0.913. The lowest BCUT2D eigenvalue weighted by Crippen LogP contribution is -2.34. The molecule has 1 aliphatic carbocycles. The van der Waals surface area contributed by atoms with Crippen LogP contribution in [-0.2, 0) is 5.54 Å². The molecule has 4 nitrogen and oxygen atoms in total. The second-order valence-electron chi connectivity index (χ2n) is 5.30. The smallest absolute Gasteiger partial charge is 0.258 e. The average Bonchev–Trinajstić information content (AvgIpc) is 2.96. The molecule has 0 bridgehead atoms. The number of halogens is 1. The molecule has 0 unspecified atom stereocenters. The third-order valence-electron chi connectivity index (χ3n) is 3.66. The fourth-order valence-corrected chi connectivity index (χ4v) is 2.92. The highest BCUT2D eigenvalue weighted by Crippen LogP contribution is 2.35. The van der Waals surface area contributed by atoms with Crippen molar-refractivity contribution in [3.63, 3.8) is 0 Å². The van der Waals surface area contributed by atoms with Crippen LogP contribution in [-0.4, -0.2) is 10.1 Å². The van der Waals surface area contributed by atoms with E-state index in [4.69, 9.17) is 21.9 Å². The van der Waals surface area contributed by atoms with Crippen molar-refractivity contribution in [2.24, 2.45) is 5.73 Å². The summed E-state index contributed by atoms with van der Waals surface area (Å²) in [5.41, 5.74) is 7.80. The molecule has 0 spiro atoms. The first-order valence-corrected chi connectivity index (χ1v) is 6.85. The van der Waals surface area contributed by atoms with Gasteiger partial charge in [0.25, 0.3) is 5.89 Å². The van der Waals surface area contributed by atoms with Gasteiger partial charge in [-0.3, -0.25) is 0 Å². The van der Waals surface area contributed by atoms with Crippen LogP contribution in [0.25, 0.3) is 11.5 Å². The van der Waals surface area contributed by atoms with Gasteiger partial charge in [-0.1, -0.05) is 29.6 Å². The van der Waals surface area contributed by atoms with Gasteiger partial charge in [0.15, 0.2) is 5.82 Å². The Morgan fingerprint density at radius 2 is 2.00 bits per heavy atom. The first-order chi connectivity index (χ1) is 9.07. The second-order valence-corrected chi connectivity index (χ2v) is 5.74. The molecule has 0 amide bonds. The number of aromatic nitrogens is 2. The van der Waals surface area contributed by atoms with Crippen molar-refractivity contribution in [1.82, 2.24) is 10.1 Å². The van der Waals surface area contributed by atoms with Gasteiger partial charge in [0.1, 0.15) is 0 Å². The van der Waals surface area contributed by atoms with E-state index >= 15 is 0 Å². The molecular formula is C14H16ClN3O. The van der Waals surface area contributed by atoms with E-state index in [0.717, 1.165) is 36.8 Å². The monoisotopic (exact) mass is 277 g/mol.